The zero-order valence-corrected chi connectivity index (χ0v) is 9.61. The van der Waals surface area contributed by atoms with Crippen molar-refractivity contribution in [1.29, 1.82) is 0 Å². The molecule has 1 N–H and O–H groups in total. The first-order chi connectivity index (χ1) is 7.18. The summed E-state index contributed by atoms with van der Waals surface area (Å²) in [5.41, 5.74) is 2.50. The summed E-state index contributed by atoms with van der Waals surface area (Å²) in [7, 11) is 0. The summed E-state index contributed by atoms with van der Waals surface area (Å²) in [5.74, 6) is 1.13. The van der Waals surface area contributed by atoms with E-state index in [1.807, 2.05) is 6.07 Å². The molecule has 0 aliphatic heterocycles. The van der Waals surface area contributed by atoms with E-state index in [2.05, 4.69) is 32.0 Å². The highest BCUT2D eigenvalue weighted by Crippen LogP contribution is 2.37. The van der Waals surface area contributed by atoms with Gasteiger partial charge in [-0.2, -0.15) is 0 Å². The quantitative estimate of drug-likeness (QED) is 0.783. The number of hydrogen-bond donors (Lipinski definition) is 1. The molecule has 82 valence electrons. The summed E-state index contributed by atoms with van der Waals surface area (Å²) in [4.78, 5) is 0. The Hall–Kier alpha value is -0.820. The van der Waals surface area contributed by atoms with E-state index in [4.69, 9.17) is 0 Å². The second kappa shape index (κ2) is 4.36. The zero-order valence-electron chi connectivity index (χ0n) is 9.61. The van der Waals surface area contributed by atoms with Crippen LogP contribution in [0, 0.1) is 11.8 Å². The van der Waals surface area contributed by atoms with Gasteiger partial charge in [0, 0.05) is 0 Å². The molecule has 2 atom stereocenters. The van der Waals surface area contributed by atoms with Crippen molar-refractivity contribution >= 4 is 0 Å². The molecule has 1 aliphatic rings. The van der Waals surface area contributed by atoms with Crippen molar-refractivity contribution in [3.05, 3.63) is 35.4 Å². The molecular weight excluding hydrogens is 184 g/mol. The minimum absolute atomic E-state index is 0.239. The summed E-state index contributed by atoms with van der Waals surface area (Å²) in [6.45, 7) is 4.46. The van der Waals surface area contributed by atoms with Crippen LogP contribution in [0.5, 0.6) is 0 Å². The lowest BCUT2D eigenvalue weighted by Gasteiger charge is -2.31. The zero-order chi connectivity index (χ0) is 10.8. The third-order valence-electron chi connectivity index (χ3n) is 3.38. The highest BCUT2D eigenvalue weighted by molar-refractivity contribution is 5.31. The van der Waals surface area contributed by atoms with Crippen molar-refractivity contribution < 1.29 is 5.11 Å². The highest BCUT2D eigenvalue weighted by Gasteiger charge is 2.27. The molecule has 1 aromatic rings. The lowest BCUT2D eigenvalue weighted by Crippen LogP contribution is -2.21. The Morgan fingerprint density at radius 2 is 2.07 bits per heavy atom. The Morgan fingerprint density at radius 3 is 2.80 bits per heavy atom. The van der Waals surface area contributed by atoms with Crippen molar-refractivity contribution in [2.45, 2.75) is 39.2 Å². The number of aryl methyl sites for hydroxylation is 1. The topological polar surface area (TPSA) is 20.2 Å². The van der Waals surface area contributed by atoms with E-state index in [0.717, 1.165) is 24.8 Å². The first-order valence-electron chi connectivity index (χ1n) is 5.94. The maximum Gasteiger partial charge on any atom is 0.0821 e. The van der Waals surface area contributed by atoms with Gasteiger partial charge >= 0.3 is 0 Å². The van der Waals surface area contributed by atoms with Crippen LogP contribution < -0.4 is 0 Å². The average molecular weight is 204 g/mol. The van der Waals surface area contributed by atoms with Crippen LogP contribution >= 0.6 is 0 Å². The van der Waals surface area contributed by atoms with Gasteiger partial charge in [0.15, 0.2) is 0 Å². The van der Waals surface area contributed by atoms with E-state index in [9.17, 15) is 5.11 Å². The molecule has 0 radical (unpaired) electrons. The van der Waals surface area contributed by atoms with Gasteiger partial charge in [0.1, 0.15) is 0 Å². The second-order valence-electron chi connectivity index (χ2n) is 5.07. The largest absolute Gasteiger partial charge is 0.388 e. The minimum Gasteiger partial charge on any atom is -0.388 e. The van der Waals surface area contributed by atoms with Crippen LogP contribution in [-0.2, 0) is 6.42 Å². The van der Waals surface area contributed by atoms with Crippen LogP contribution in [0.4, 0.5) is 0 Å². The van der Waals surface area contributed by atoms with Crippen LogP contribution in [0.1, 0.15) is 43.9 Å². The lowest BCUT2D eigenvalue weighted by atomic mass is 9.78. The summed E-state index contributed by atoms with van der Waals surface area (Å²) in [6, 6.07) is 8.31. The average Bonchev–Trinajstić information content (AvgIpc) is 2.22. The first kappa shape index (κ1) is 10.7. The smallest absolute Gasteiger partial charge is 0.0821 e. The lowest BCUT2D eigenvalue weighted by molar-refractivity contribution is 0.0810. The van der Waals surface area contributed by atoms with Crippen molar-refractivity contribution in [2.24, 2.45) is 11.8 Å². The summed E-state index contributed by atoms with van der Waals surface area (Å²) >= 11 is 0. The Kier molecular flexibility index (Phi) is 3.11. The predicted octanol–water partition coefficient (Wildman–Crippen LogP) is 3.33. The van der Waals surface area contributed by atoms with Crippen molar-refractivity contribution in [1.82, 2.24) is 0 Å². The van der Waals surface area contributed by atoms with Crippen LogP contribution in [-0.4, -0.2) is 5.11 Å². The maximum absolute atomic E-state index is 10.3. The molecule has 0 heterocycles. The third kappa shape index (κ3) is 2.23. The van der Waals surface area contributed by atoms with Gasteiger partial charge in [0.2, 0.25) is 0 Å². The number of aliphatic hydroxyl groups is 1. The fourth-order valence-corrected chi connectivity index (χ4v) is 2.66. The fourth-order valence-electron chi connectivity index (χ4n) is 2.66. The summed E-state index contributed by atoms with van der Waals surface area (Å²) < 4.78 is 0. The van der Waals surface area contributed by atoms with E-state index >= 15 is 0 Å². The van der Waals surface area contributed by atoms with Gasteiger partial charge in [0.05, 0.1) is 6.10 Å². The Bertz CT molecular complexity index is 330. The Labute approximate surface area is 92.1 Å². The normalized spacial score (nSPS) is 25.3. The van der Waals surface area contributed by atoms with Crippen molar-refractivity contribution in [3.63, 3.8) is 0 Å². The predicted molar refractivity (Wildman–Crippen MR) is 62.7 cm³/mol. The number of hydrogen-bond acceptors (Lipinski definition) is 1. The maximum atomic E-state index is 10.3. The Morgan fingerprint density at radius 1 is 1.33 bits per heavy atom. The van der Waals surface area contributed by atoms with E-state index in [1.54, 1.807) is 0 Å². The van der Waals surface area contributed by atoms with Crippen molar-refractivity contribution in [2.75, 3.05) is 0 Å². The summed E-state index contributed by atoms with van der Waals surface area (Å²) in [6.07, 6.45) is 3.16. The minimum atomic E-state index is -0.239. The van der Waals surface area contributed by atoms with Crippen LogP contribution in [0.15, 0.2) is 24.3 Å². The van der Waals surface area contributed by atoms with E-state index in [0.29, 0.717) is 11.8 Å². The molecule has 0 saturated carbocycles. The molecule has 0 amide bonds. The number of aliphatic hydroxyl groups excluding tert-OH is 1. The molecule has 1 nitrogen and oxygen atoms in total. The molecule has 1 aliphatic carbocycles. The van der Waals surface area contributed by atoms with Crippen LogP contribution in [0.3, 0.4) is 0 Å². The van der Waals surface area contributed by atoms with Gasteiger partial charge in [-0.3, -0.25) is 0 Å². The molecule has 15 heavy (non-hydrogen) atoms. The van der Waals surface area contributed by atoms with Gasteiger partial charge in [-0.25, -0.2) is 0 Å². The number of benzene rings is 1. The van der Waals surface area contributed by atoms with E-state index in [1.165, 1.54) is 5.56 Å². The molecule has 0 saturated heterocycles. The monoisotopic (exact) mass is 204 g/mol. The van der Waals surface area contributed by atoms with Crippen LogP contribution in [0.25, 0.3) is 0 Å². The molecule has 2 rings (SSSR count). The van der Waals surface area contributed by atoms with Gasteiger partial charge in [-0.15, -0.1) is 0 Å². The van der Waals surface area contributed by atoms with Gasteiger partial charge < -0.3 is 5.11 Å². The standard InChI is InChI=1S/C14H20O/c1-10(2)9-12-8-7-11-5-3-4-6-13(11)14(12)15/h3-6,10,12,14-15H,7-9H2,1-2H3. The molecular formula is C14H20O. The number of rotatable bonds is 2. The molecule has 1 heteroatoms. The van der Waals surface area contributed by atoms with Crippen LogP contribution in [0.2, 0.25) is 0 Å². The van der Waals surface area contributed by atoms with Gasteiger partial charge in [-0.05, 0) is 42.2 Å². The fraction of sp³-hybridized carbons (Fsp3) is 0.571. The van der Waals surface area contributed by atoms with E-state index in [-0.39, 0.29) is 6.10 Å². The summed E-state index contributed by atoms with van der Waals surface area (Å²) in [5, 5.41) is 10.3. The van der Waals surface area contributed by atoms with Crippen molar-refractivity contribution in [3.8, 4) is 0 Å². The molecule has 0 spiro atoms. The SMILES string of the molecule is CC(C)CC1CCc2ccccc2C1O. The first-order valence-corrected chi connectivity index (χ1v) is 5.94. The van der Waals surface area contributed by atoms with E-state index < -0.39 is 0 Å². The van der Waals surface area contributed by atoms with Gasteiger partial charge in [0.25, 0.3) is 0 Å². The highest BCUT2D eigenvalue weighted by atomic mass is 16.3. The Balaban J connectivity index is 2.18. The molecule has 2 unspecified atom stereocenters. The molecule has 1 aromatic carbocycles. The molecule has 0 fully saturated rings. The number of fused-ring (bicyclic) bond motifs is 1. The third-order valence-corrected chi connectivity index (χ3v) is 3.38. The van der Waals surface area contributed by atoms with Gasteiger partial charge in [-0.1, -0.05) is 38.1 Å². The second-order valence-corrected chi connectivity index (χ2v) is 5.07. The molecule has 0 bridgehead atoms. The molecule has 0 aromatic heterocycles.